The maximum Gasteiger partial charge on any atom is 0.573 e. The van der Waals surface area contributed by atoms with E-state index in [4.69, 9.17) is 9.47 Å². The zero-order chi connectivity index (χ0) is 24.1. The van der Waals surface area contributed by atoms with Gasteiger partial charge in [0.05, 0.1) is 19.2 Å². The van der Waals surface area contributed by atoms with E-state index in [-0.39, 0.29) is 0 Å². The fraction of sp³-hybridized carbons (Fsp3) is 0.226. The van der Waals surface area contributed by atoms with Crippen LogP contribution in [0.3, 0.4) is 0 Å². The average Bonchev–Trinajstić information content (AvgIpc) is 2.90. The van der Waals surface area contributed by atoms with Crippen molar-refractivity contribution in [2.75, 3.05) is 13.6 Å². The molecule has 3 atom stereocenters. The predicted octanol–water partition coefficient (Wildman–Crippen LogP) is 6.76. The SMILES string of the molecule is CC[N@+]1(c2ccccc2)Cc2ccccc2OC12Oc1c(C)cccc1C[N@@+]2(C)c1ccccc1. The number of ether oxygens (including phenoxy) is 2. The van der Waals surface area contributed by atoms with Crippen molar-refractivity contribution in [3.8, 4) is 11.5 Å². The van der Waals surface area contributed by atoms with Crippen LogP contribution in [0.2, 0.25) is 0 Å². The standard InChI is InChI=1S/C31H32N2O2/c1-4-33(28-19-9-6-10-20-28)23-25-15-11-12-21-29(25)34-31(33)32(3,27-17-7-5-8-18-27)22-26-16-13-14-24(2)30(26)35-31/h5-21H,4,22-23H2,1-3H3/q+2/t31?,32-,33+/m0/s1. The van der Waals surface area contributed by atoms with E-state index in [0.717, 1.165) is 42.4 Å². The normalized spacial score (nSPS) is 26.8. The van der Waals surface area contributed by atoms with Crippen LogP contribution in [0.25, 0.3) is 0 Å². The summed E-state index contributed by atoms with van der Waals surface area (Å²) < 4.78 is 15.5. The van der Waals surface area contributed by atoms with Gasteiger partial charge in [0.1, 0.15) is 36.0 Å². The first-order chi connectivity index (χ1) is 17.0. The van der Waals surface area contributed by atoms with Gasteiger partial charge in [-0.05, 0) is 61.9 Å². The van der Waals surface area contributed by atoms with Gasteiger partial charge in [0, 0.05) is 5.56 Å². The van der Waals surface area contributed by atoms with Crippen LogP contribution in [-0.4, -0.2) is 19.6 Å². The number of hydrogen-bond acceptors (Lipinski definition) is 2. The highest BCUT2D eigenvalue weighted by molar-refractivity contribution is 5.56. The summed E-state index contributed by atoms with van der Waals surface area (Å²) in [5.74, 6) is 1.83. The zero-order valence-electron chi connectivity index (χ0n) is 20.6. The topological polar surface area (TPSA) is 18.5 Å². The molecule has 0 saturated carbocycles. The summed E-state index contributed by atoms with van der Waals surface area (Å²) in [6, 6.07) is 35.2. The minimum absolute atomic E-state index is 0.460. The van der Waals surface area contributed by atoms with Crippen molar-refractivity contribution in [2.24, 2.45) is 0 Å². The van der Waals surface area contributed by atoms with E-state index in [9.17, 15) is 0 Å². The van der Waals surface area contributed by atoms with Crippen molar-refractivity contribution in [2.45, 2.75) is 33.0 Å². The average molecular weight is 465 g/mol. The summed E-state index contributed by atoms with van der Waals surface area (Å²) in [5.41, 5.74) is 5.87. The largest absolute Gasteiger partial charge is 0.573 e. The molecule has 0 aromatic heterocycles. The third kappa shape index (κ3) is 3.00. The van der Waals surface area contributed by atoms with E-state index in [1.807, 2.05) is 0 Å². The van der Waals surface area contributed by atoms with Crippen LogP contribution >= 0.6 is 0 Å². The molecule has 35 heavy (non-hydrogen) atoms. The van der Waals surface area contributed by atoms with Gasteiger partial charge in [-0.25, -0.2) is 0 Å². The van der Waals surface area contributed by atoms with Crippen molar-refractivity contribution in [3.05, 3.63) is 120 Å². The maximum absolute atomic E-state index is 7.30. The van der Waals surface area contributed by atoms with E-state index in [0.29, 0.717) is 8.97 Å². The molecule has 4 aromatic rings. The molecule has 4 nitrogen and oxygen atoms in total. The fourth-order valence-electron chi connectivity index (χ4n) is 6.12. The second-order valence-electron chi connectivity index (χ2n) is 9.89. The molecule has 1 spiro atoms. The van der Waals surface area contributed by atoms with Crippen molar-refractivity contribution in [1.29, 1.82) is 0 Å². The molecule has 0 N–H and O–H groups in total. The highest BCUT2D eigenvalue weighted by Crippen LogP contribution is 2.53. The Balaban J connectivity index is 1.72. The Morgan fingerprint density at radius 2 is 1.31 bits per heavy atom. The van der Waals surface area contributed by atoms with Crippen LogP contribution in [0.15, 0.2) is 103 Å². The third-order valence-electron chi connectivity index (χ3n) is 7.95. The van der Waals surface area contributed by atoms with Gasteiger partial charge in [-0.3, -0.25) is 0 Å². The van der Waals surface area contributed by atoms with Crippen molar-refractivity contribution in [3.63, 3.8) is 0 Å². The molecule has 2 aliphatic heterocycles. The number of benzene rings is 4. The number of nitrogens with zero attached hydrogens (tertiary/aromatic N) is 2. The molecule has 2 aliphatic rings. The lowest BCUT2D eigenvalue weighted by Gasteiger charge is -2.58. The van der Waals surface area contributed by atoms with Gasteiger partial charge in [-0.2, -0.15) is 8.97 Å². The first-order valence-electron chi connectivity index (χ1n) is 12.4. The Morgan fingerprint density at radius 3 is 2.03 bits per heavy atom. The van der Waals surface area contributed by atoms with Crippen LogP contribution < -0.4 is 18.4 Å². The fourth-order valence-corrected chi connectivity index (χ4v) is 6.12. The first-order valence-corrected chi connectivity index (χ1v) is 12.4. The summed E-state index contributed by atoms with van der Waals surface area (Å²) in [4.78, 5) is 0. The number of quaternary nitrogens is 2. The van der Waals surface area contributed by atoms with Crippen molar-refractivity contribution < 1.29 is 9.47 Å². The predicted molar refractivity (Wildman–Crippen MR) is 142 cm³/mol. The van der Waals surface area contributed by atoms with Crippen LogP contribution in [0, 0.1) is 6.92 Å². The molecule has 4 heteroatoms. The van der Waals surface area contributed by atoms with E-state index >= 15 is 0 Å². The van der Waals surface area contributed by atoms with E-state index in [1.54, 1.807) is 0 Å². The van der Waals surface area contributed by atoms with Crippen LogP contribution in [0.5, 0.6) is 11.5 Å². The Bertz CT molecular complexity index is 1370. The smallest absolute Gasteiger partial charge is 0.358 e. The number of aryl methyl sites for hydroxylation is 1. The lowest BCUT2D eigenvalue weighted by atomic mass is 10.0. The molecular weight excluding hydrogens is 432 g/mol. The van der Waals surface area contributed by atoms with E-state index in [2.05, 4.69) is 124 Å². The molecule has 0 saturated heterocycles. The van der Waals surface area contributed by atoms with Gasteiger partial charge < -0.3 is 9.47 Å². The lowest BCUT2D eigenvalue weighted by molar-refractivity contribution is -0.316. The summed E-state index contributed by atoms with van der Waals surface area (Å²) in [7, 11) is 2.26. The highest BCUT2D eigenvalue weighted by Gasteiger charge is 2.75. The maximum atomic E-state index is 7.30. The van der Waals surface area contributed by atoms with E-state index in [1.165, 1.54) is 16.8 Å². The molecule has 0 bridgehead atoms. The quantitative estimate of drug-likeness (QED) is 0.312. The van der Waals surface area contributed by atoms with Crippen LogP contribution in [-0.2, 0) is 13.1 Å². The molecule has 2 heterocycles. The van der Waals surface area contributed by atoms with E-state index < -0.39 is 6.03 Å². The Hall–Kier alpha value is -3.60. The molecule has 4 aromatic carbocycles. The van der Waals surface area contributed by atoms with Gasteiger partial charge in [0.25, 0.3) is 0 Å². The highest BCUT2D eigenvalue weighted by atomic mass is 16.8. The van der Waals surface area contributed by atoms with Gasteiger partial charge >= 0.3 is 6.03 Å². The van der Waals surface area contributed by atoms with Gasteiger partial charge in [-0.1, -0.05) is 60.7 Å². The molecule has 0 amide bonds. The molecule has 176 valence electrons. The van der Waals surface area contributed by atoms with Gasteiger partial charge in [0.15, 0.2) is 0 Å². The second kappa shape index (κ2) is 7.98. The monoisotopic (exact) mass is 464 g/mol. The minimum Gasteiger partial charge on any atom is -0.358 e. The van der Waals surface area contributed by atoms with Crippen molar-refractivity contribution in [1.82, 2.24) is 8.97 Å². The Kier molecular flexibility index (Phi) is 4.99. The molecule has 6 rings (SSSR count). The Morgan fingerprint density at radius 1 is 0.686 bits per heavy atom. The van der Waals surface area contributed by atoms with Crippen LogP contribution in [0.4, 0.5) is 11.4 Å². The van der Waals surface area contributed by atoms with Crippen molar-refractivity contribution >= 4 is 11.4 Å². The summed E-state index contributed by atoms with van der Waals surface area (Å²) >= 11 is 0. The molecular formula is C31H32N2O2+2. The number of fused-ring (bicyclic) bond motifs is 2. The third-order valence-corrected chi connectivity index (χ3v) is 7.95. The number of para-hydroxylation sites is 4. The minimum atomic E-state index is -1.06. The van der Waals surface area contributed by atoms with Gasteiger partial charge in [0.2, 0.25) is 0 Å². The molecule has 0 radical (unpaired) electrons. The summed E-state index contributed by atoms with van der Waals surface area (Å²) in [6.45, 7) is 6.72. The van der Waals surface area contributed by atoms with Gasteiger partial charge in [-0.15, -0.1) is 0 Å². The van der Waals surface area contributed by atoms with Crippen LogP contribution in [0.1, 0.15) is 23.6 Å². The second-order valence-corrected chi connectivity index (χ2v) is 9.89. The lowest BCUT2D eigenvalue weighted by Crippen LogP contribution is -2.86. The molecule has 0 aliphatic carbocycles. The summed E-state index contributed by atoms with van der Waals surface area (Å²) in [5, 5.41) is 0. The number of hydrogen-bond donors (Lipinski definition) is 0. The Labute approximate surface area is 207 Å². The molecule has 0 fully saturated rings. The zero-order valence-corrected chi connectivity index (χ0v) is 20.6. The number of rotatable bonds is 3. The summed E-state index contributed by atoms with van der Waals surface area (Å²) in [6.07, 6.45) is 0. The first kappa shape index (κ1) is 21.9. The molecule has 1 unspecified atom stereocenters.